The summed E-state index contributed by atoms with van der Waals surface area (Å²) in [5, 5.41) is 9.43. The molecule has 39 heavy (non-hydrogen) atoms. The van der Waals surface area contributed by atoms with Crippen LogP contribution in [0.1, 0.15) is 63.5 Å². The maximum absolute atomic E-state index is 13.8. The Bertz CT molecular complexity index is 1060. The summed E-state index contributed by atoms with van der Waals surface area (Å²) in [5.74, 6) is 0.333. The number of nitrogens with one attached hydrogen (secondary N) is 3. The normalized spacial score (nSPS) is 27.1. The molecule has 3 aliphatic heterocycles. The van der Waals surface area contributed by atoms with Crippen molar-refractivity contribution in [3.8, 4) is 0 Å². The summed E-state index contributed by atoms with van der Waals surface area (Å²) in [6.45, 7) is 11.1. The highest BCUT2D eigenvalue weighted by Crippen LogP contribution is 2.37. The summed E-state index contributed by atoms with van der Waals surface area (Å²) in [6.07, 6.45) is 8.44. The van der Waals surface area contributed by atoms with Gasteiger partial charge in [0.25, 0.3) is 0 Å². The average molecular weight is 539 g/mol. The Morgan fingerprint density at radius 3 is 2.64 bits per heavy atom. The second kappa shape index (κ2) is 13.1. The monoisotopic (exact) mass is 538 g/mol. The standard InChI is InChI=1S/C31H46N4O4/c1-21(2)17-27-29(37)33-26-10-16-39-20-24(26)7-5-6-11-31(30(38)34-27)12-14-35(15-13-31)19-28(36)32-25-9-8-22(3)18-23(25)4/h5-6,8-9,18,21,24,26-27H,7,10-17,19-20H2,1-4H3,(H,32,36)(H,33,37)(H,34,38)/b6-5+/t24-,26+,27-/m0/s1. The van der Waals surface area contributed by atoms with E-state index in [9.17, 15) is 14.4 Å². The van der Waals surface area contributed by atoms with Gasteiger partial charge in [-0.3, -0.25) is 19.3 Å². The van der Waals surface area contributed by atoms with Crippen LogP contribution >= 0.6 is 0 Å². The number of anilines is 1. The summed E-state index contributed by atoms with van der Waals surface area (Å²) in [7, 11) is 0. The number of piperidine rings is 1. The van der Waals surface area contributed by atoms with E-state index in [0.29, 0.717) is 58.5 Å². The van der Waals surface area contributed by atoms with Crippen LogP contribution in [0.25, 0.3) is 0 Å². The van der Waals surface area contributed by atoms with Crippen molar-refractivity contribution in [3.05, 3.63) is 41.5 Å². The number of hydrogen-bond donors (Lipinski definition) is 3. The predicted molar refractivity (Wildman–Crippen MR) is 153 cm³/mol. The molecule has 0 saturated carbocycles. The predicted octanol–water partition coefficient (Wildman–Crippen LogP) is 3.73. The number of fused-ring (bicyclic) bond motifs is 1. The third kappa shape index (κ3) is 7.70. The first-order valence-electron chi connectivity index (χ1n) is 14.6. The van der Waals surface area contributed by atoms with E-state index in [1.165, 1.54) is 0 Å². The third-order valence-electron chi connectivity index (χ3n) is 8.56. The lowest BCUT2D eigenvalue weighted by Crippen LogP contribution is -2.57. The molecule has 1 spiro atoms. The number of hydrogen-bond acceptors (Lipinski definition) is 5. The zero-order valence-corrected chi connectivity index (χ0v) is 24.1. The molecule has 8 nitrogen and oxygen atoms in total. The number of benzene rings is 1. The molecule has 3 heterocycles. The van der Waals surface area contributed by atoms with Gasteiger partial charge in [-0.1, -0.05) is 43.7 Å². The van der Waals surface area contributed by atoms with Gasteiger partial charge in [0.2, 0.25) is 17.7 Å². The molecule has 2 saturated heterocycles. The molecule has 0 unspecified atom stereocenters. The average Bonchev–Trinajstić information content (AvgIpc) is 2.89. The molecular formula is C31H46N4O4. The Kier molecular flexibility index (Phi) is 9.83. The van der Waals surface area contributed by atoms with Crippen molar-refractivity contribution in [1.82, 2.24) is 15.5 Å². The van der Waals surface area contributed by atoms with E-state index in [2.05, 4.69) is 52.9 Å². The molecule has 2 fully saturated rings. The number of likely N-dealkylation sites (tertiary alicyclic amines) is 1. The molecule has 3 amide bonds. The number of aryl methyl sites for hydroxylation is 2. The van der Waals surface area contributed by atoms with E-state index in [1.54, 1.807) is 0 Å². The highest BCUT2D eigenvalue weighted by Gasteiger charge is 2.42. The Balaban J connectivity index is 1.44. The van der Waals surface area contributed by atoms with Gasteiger partial charge in [-0.25, -0.2) is 0 Å². The number of carbonyl (C=O) groups is 3. The van der Waals surface area contributed by atoms with E-state index in [0.717, 1.165) is 29.7 Å². The van der Waals surface area contributed by atoms with E-state index >= 15 is 0 Å². The van der Waals surface area contributed by atoms with Crippen LogP contribution in [0.2, 0.25) is 0 Å². The van der Waals surface area contributed by atoms with Gasteiger partial charge in [-0.05, 0) is 83.0 Å². The Hall–Kier alpha value is -2.71. The maximum atomic E-state index is 13.8. The Morgan fingerprint density at radius 1 is 1.15 bits per heavy atom. The van der Waals surface area contributed by atoms with Gasteiger partial charge in [0.05, 0.1) is 18.6 Å². The third-order valence-corrected chi connectivity index (χ3v) is 8.56. The molecule has 0 bridgehead atoms. The first kappa shape index (κ1) is 29.3. The van der Waals surface area contributed by atoms with Gasteiger partial charge in [0.1, 0.15) is 6.04 Å². The Morgan fingerprint density at radius 2 is 1.92 bits per heavy atom. The summed E-state index contributed by atoms with van der Waals surface area (Å²) in [6, 6.07) is 5.51. The Labute approximate surface area is 233 Å². The number of allylic oxidation sites excluding steroid dienone is 2. The van der Waals surface area contributed by atoms with Crippen molar-refractivity contribution in [2.75, 3.05) is 38.2 Å². The van der Waals surface area contributed by atoms with Crippen LogP contribution in [-0.2, 0) is 19.1 Å². The molecule has 0 aromatic heterocycles. The number of carbonyl (C=O) groups excluding carboxylic acids is 3. The largest absolute Gasteiger partial charge is 0.381 e. The quantitative estimate of drug-likeness (QED) is 0.496. The van der Waals surface area contributed by atoms with Gasteiger partial charge in [-0.2, -0.15) is 0 Å². The fraction of sp³-hybridized carbons (Fsp3) is 0.645. The van der Waals surface area contributed by atoms with Gasteiger partial charge in [-0.15, -0.1) is 0 Å². The second-order valence-electron chi connectivity index (χ2n) is 12.2. The maximum Gasteiger partial charge on any atom is 0.242 e. The van der Waals surface area contributed by atoms with Crippen LogP contribution in [0.15, 0.2) is 30.4 Å². The summed E-state index contributed by atoms with van der Waals surface area (Å²) < 4.78 is 5.72. The minimum atomic E-state index is -0.589. The number of amides is 3. The number of ether oxygens (including phenoxy) is 1. The van der Waals surface area contributed by atoms with Crippen LogP contribution < -0.4 is 16.0 Å². The van der Waals surface area contributed by atoms with Crippen LogP contribution in [0, 0.1) is 31.1 Å². The molecule has 214 valence electrons. The van der Waals surface area contributed by atoms with Crippen LogP contribution in [0.3, 0.4) is 0 Å². The van der Waals surface area contributed by atoms with Crippen LogP contribution in [0.4, 0.5) is 5.69 Å². The van der Waals surface area contributed by atoms with Crippen molar-refractivity contribution in [2.24, 2.45) is 17.3 Å². The van der Waals surface area contributed by atoms with Crippen molar-refractivity contribution in [2.45, 2.75) is 78.3 Å². The lowest BCUT2D eigenvalue weighted by Gasteiger charge is -2.41. The molecule has 1 aromatic carbocycles. The van der Waals surface area contributed by atoms with Crippen LogP contribution in [0.5, 0.6) is 0 Å². The smallest absolute Gasteiger partial charge is 0.242 e. The van der Waals surface area contributed by atoms with E-state index in [4.69, 9.17) is 4.74 Å². The zero-order valence-electron chi connectivity index (χ0n) is 24.1. The van der Waals surface area contributed by atoms with Gasteiger partial charge in [0, 0.05) is 24.3 Å². The SMILES string of the molecule is Cc1ccc(NC(=O)CN2CCC3(C/C=C/C[C@H]4COCC[C@H]4NC(=O)[C@H](CC(C)C)NC3=O)CC2)c(C)c1. The van der Waals surface area contributed by atoms with Crippen LogP contribution in [-0.4, -0.2) is 67.6 Å². The lowest BCUT2D eigenvalue weighted by atomic mass is 9.74. The summed E-state index contributed by atoms with van der Waals surface area (Å²) in [5.41, 5.74) is 2.46. The van der Waals surface area contributed by atoms with Gasteiger partial charge >= 0.3 is 0 Å². The minimum absolute atomic E-state index is 0.0427. The molecule has 0 aliphatic carbocycles. The molecular weight excluding hydrogens is 492 g/mol. The topological polar surface area (TPSA) is 99.8 Å². The fourth-order valence-corrected chi connectivity index (χ4v) is 6.11. The van der Waals surface area contributed by atoms with Crippen molar-refractivity contribution < 1.29 is 19.1 Å². The molecule has 3 aliphatic rings. The van der Waals surface area contributed by atoms with Crippen molar-refractivity contribution in [1.29, 1.82) is 0 Å². The first-order chi connectivity index (χ1) is 18.6. The first-order valence-corrected chi connectivity index (χ1v) is 14.6. The highest BCUT2D eigenvalue weighted by atomic mass is 16.5. The summed E-state index contributed by atoms with van der Waals surface area (Å²) >= 11 is 0. The van der Waals surface area contributed by atoms with Crippen molar-refractivity contribution in [3.63, 3.8) is 0 Å². The number of nitrogens with zero attached hydrogens (tertiary/aromatic N) is 1. The molecule has 1 aromatic rings. The highest BCUT2D eigenvalue weighted by molar-refractivity contribution is 5.93. The summed E-state index contributed by atoms with van der Waals surface area (Å²) in [4.78, 5) is 42.1. The second-order valence-corrected chi connectivity index (χ2v) is 12.2. The molecule has 4 rings (SSSR count). The zero-order chi connectivity index (χ0) is 28.0. The van der Waals surface area contributed by atoms with Crippen molar-refractivity contribution >= 4 is 23.4 Å². The molecule has 3 atom stereocenters. The van der Waals surface area contributed by atoms with E-state index in [-0.39, 0.29) is 35.6 Å². The number of rotatable bonds is 5. The van der Waals surface area contributed by atoms with Gasteiger partial charge in [0.15, 0.2) is 0 Å². The molecule has 8 heteroatoms. The fourth-order valence-electron chi connectivity index (χ4n) is 6.11. The van der Waals surface area contributed by atoms with E-state index < -0.39 is 11.5 Å². The molecule has 0 radical (unpaired) electrons. The van der Waals surface area contributed by atoms with Gasteiger partial charge < -0.3 is 20.7 Å². The minimum Gasteiger partial charge on any atom is -0.381 e. The van der Waals surface area contributed by atoms with E-state index in [1.807, 2.05) is 26.0 Å². The lowest BCUT2D eigenvalue weighted by molar-refractivity contribution is -0.138. The molecule has 3 N–H and O–H groups in total.